The van der Waals surface area contributed by atoms with Gasteiger partial charge in [0.1, 0.15) is 5.69 Å². The van der Waals surface area contributed by atoms with Crippen molar-refractivity contribution in [2.75, 3.05) is 4.90 Å². The summed E-state index contributed by atoms with van der Waals surface area (Å²) in [6, 6.07) is 8.18. The van der Waals surface area contributed by atoms with Gasteiger partial charge < -0.3 is 4.90 Å². The third-order valence-electron chi connectivity index (χ3n) is 3.43. The molecule has 2 aromatic rings. The first-order valence-corrected chi connectivity index (χ1v) is 6.37. The summed E-state index contributed by atoms with van der Waals surface area (Å²) in [6.45, 7) is 3.91. The Labute approximate surface area is 112 Å². The summed E-state index contributed by atoms with van der Waals surface area (Å²) < 4.78 is 0. The minimum absolute atomic E-state index is 0.0787. The summed E-state index contributed by atoms with van der Waals surface area (Å²) >= 11 is 0. The van der Waals surface area contributed by atoms with Gasteiger partial charge in [-0.05, 0) is 31.9 Å². The molecule has 0 radical (unpaired) electrons. The van der Waals surface area contributed by atoms with Crippen molar-refractivity contribution in [2.24, 2.45) is 0 Å². The van der Waals surface area contributed by atoms with E-state index in [4.69, 9.17) is 0 Å². The molecule has 1 aromatic carbocycles. The van der Waals surface area contributed by atoms with Crippen molar-refractivity contribution in [3.05, 3.63) is 53.6 Å². The zero-order valence-electron chi connectivity index (χ0n) is 11.0. The number of aromatic nitrogens is 2. The fourth-order valence-corrected chi connectivity index (χ4v) is 2.50. The van der Waals surface area contributed by atoms with E-state index in [9.17, 15) is 4.79 Å². The van der Waals surface area contributed by atoms with Crippen LogP contribution >= 0.6 is 0 Å². The van der Waals surface area contributed by atoms with Crippen LogP contribution < -0.4 is 4.90 Å². The number of fused-ring (bicyclic) bond motifs is 1. The number of anilines is 1. The highest BCUT2D eigenvalue weighted by atomic mass is 16.2. The smallest absolute Gasteiger partial charge is 0.278 e. The maximum absolute atomic E-state index is 12.6. The number of hydrogen-bond acceptors (Lipinski definition) is 3. The largest absolute Gasteiger partial charge is 0.304 e. The van der Waals surface area contributed by atoms with E-state index in [0.29, 0.717) is 5.69 Å². The molecule has 0 unspecified atom stereocenters. The number of carbonyl (C=O) groups is 1. The van der Waals surface area contributed by atoms with E-state index in [1.807, 2.05) is 30.0 Å². The van der Waals surface area contributed by atoms with Gasteiger partial charge in [-0.15, -0.1) is 0 Å². The molecule has 1 aliphatic rings. The number of nitrogens with zero attached hydrogens (tertiary/aromatic N) is 3. The predicted octanol–water partition coefficient (Wildman–Crippen LogP) is 2.38. The second-order valence-electron chi connectivity index (χ2n) is 4.90. The van der Waals surface area contributed by atoms with E-state index in [2.05, 4.69) is 23.0 Å². The molecule has 3 rings (SSSR count). The third kappa shape index (κ3) is 1.99. The van der Waals surface area contributed by atoms with Crippen LogP contribution in [0.15, 0.2) is 36.7 Å². The van der Waals surface area contributed by atoms with Crippen LogP contribution in [-0.4, -0.2) is 21.9 Å². The van der Waals surface area contributed by atoms with Crippen LogP contribution in [0.5, 0.6) is 0 Å². The standard InChI is InChI=1S/C15H15N3O/c1-10-8-17-13(9-16-10)15(19)18-11(2)7-12-5-3-4-6-14(12)18/h3-6,8-9,11H,7H2,1-2H3/t11-/m1/s1. The van der Waals surface area contributed by atoms with Crippen molar-refractivity contribution < 1.29 is 4.79 Å². The Morgan fingerprint density at radius 3 is 2.79 bits per heavy atom. The van der Waals surface area contributed by atoms with Crippen LogP contribution in [0.3, 0.4) is 0 Å². The third-order valence-corrected chi connectivity index (χ3v) is 3.43. The Balaban J connectivity index is 1.98. The first kappa shape index (κ1) is 11.8. The summed E-state index contributed by atoms with van der Waals surface area (Å²) in [4.78, 5) is 22.7. The highest BCUT2D eigenvalue weighted by molar-refractivity contribution is 6.06. The highest BCUT2D eigenvalue weighted by Crippen LogP contribution is 2.32. The van der Waals surface area contributed by atoms with Crippen molar-refractivity contribution in [1.29, 1.82) is 0 Å². The lowest BCUT2D eigenvalue weighted by molar-refractivity contribution is 0.0976. The first-order chi connectivity index (χ1) is 9.16. The molecule has 1 aromatic heterocycles. The number of amides is 1. The van der Waals surface area contributed by atoms with Crippen LogP contribution in [0.25, 0.3) is 0 Å². The van der Waals surface area contributed by atoms with E-state index in [1.165, 1.54) is 5.56 Å². The predicted molar refractivity (Wildman–Crippen MR) is 73.2 cm³/mol. The Morgan fingerprint density at radius 2 is 2.05 bits per heavy atom. The number of rotatable bonds is 1. The van der Waals surface area contributed by atoms with E-state index >= 15 is 0 Å². The molecule has 1 amide bonds. The molecule has 0 saturated carbocycles. The molecule has 0 bridgehead atoms. The van der Waals surface area contributed by atoms with Crippen LogP contribution in [0.1, 0.15) is 28.7 Å². The molecule has 1 aliphatic heterocycles. The average molecular weight is 253 g/mol. The summed E-state index contributed by atoms with van der Waals surface area (Å²) in [5.74, 6) is -0.0787. The lowest BCUT2D eigenvalue weighted by Gasteiger charge is -2.22. The normalized spacial score (nSPS) is 17.4. The topological polar surface area (TPSA) is 46.1 Å². The summed E-state index contributed by atoms with van der Waals surface area (Å²) in [7, 11) is 0. The van der Waals surface area contributed by atoms with Gasteiger partial charge in [0, 0.05) is 17.9 Å². The van der Waals surface area contributed by atoms with E-state index in [1.54, 1.807) is 12.4 Å². The number of aryl methyl sites for hydroxylation is 1. The Bertz CT molecular complexity index is 622. The fourth-order valence-electron chi connectivity index (χ4n) is 2.50. The molecule has 96 valence electrons. The Hall–Kier alpha value is -2.23. The number of benzene rings is 1. The number of para-hydroxylation sites is 1. The Kier molecular flexibility index (Phi) is 2.78. The van der Waals surface area contributed by atoms with Gasteiger partial charge in [0.05, 0.1) is 11.9 Å². The molecule has 0 saturated heterocycles. The van der Waals surface area contributed by atoms with Gasteiger partial charge in [0.2, 0.25) is 0 Å². The van der Waals surface area contributed by atoms with Crippen molar-refractivity contribution >= 4 is 11.6 Å². The van der Waals surface area contributed by atoms with Gasteiger partial charge in [-0.25, -0.2) is 4.98 Å². The lowest BCUT2D eigenvalue weighted by atomic mass is 10.1. The molecule has 4 heteroatoms. The summed E-state index contributed by atoms with van der Waals surface area (Å²) in [5.41, 5.74) is 3.41. The van der Waals surface area contributed by atoms with Crippen molar-refractivity contribution in [2.45, 2.75) is 26.3 Å². The van der Waals surface area contributed by atoms with Crippen molar-refractivity contribution in [3.8, 4) is 0 Å². The molecular weight excluding hydrogens is 238 g/mol. The molecular formula is C15H15N3O. The van der Waals surface area contributed by atoms with E-state index < -0.39 is 0 Å². The zero-order valence-corrected chi connectivity index (χ0v) is 11.0. The molecule has 1 atom stereocenters. The molecule has 2 heterocycles. The average Bonchev–Trinajstić information content (AvgIpc) is 2.74. The van der Waals surface area contributed by atoms with Gasteiger partial charge in [-0.3, -0.25) is 9.78 Å². The van der Waals surface area contributed by atoms with E-state index in [0.717, 1.165) is 17.8 Å². The van der Waals surface area contributed by atoms with Crippen LogP contribution in [0.2, 0.25) is 0 Å². The first-order valence-electron chi connectivity index (χ1n) is 6.37. The minimum atomic E-state index is -0.0787. The molecule has 4 nitrogen and oxygen atoms in total. The fraction of sp³-hybridized carbons (Fsp3) is 0.267. The Morgan fingerprint density at radius 1 is 1.26 bits per heavy atom. The van der Waals surface area contributed by atoms with Gasteiger partial charge in [-0.1, -0.05) is 18.2 Å². The molecule has 0 fully saturated rings. The van der Waals surface area contributed by atoms with Crippen LogP contribution in [0.4, 0.5) is 5.69 Å². The minimum Gasteiger partial charge on any atom is -0.304 e. The summed E-state index contributed by atoms with van der Waals surface area (Å²) in [6.07, 6.45) is 4.06. The zero-order chi connectivity index (χ0) is 13.4. The quantitative estimate of drug-likeness (QED) is 0.784. The maximum Gasteiger partial charge on any atom is 0.278 e. The van der Waals surface area contributed by atoms with Crippen LogP contribution in [-0.2, 0) is 6.42 Å². The summed E-state index contributed by atoms with van der Waals surface area (Å²) in [5, 5.41) is 0. The van der Waals surface area contributed by atoms with Gasteiger partial charge in [-0.2, -0.15) is 0 Å². The van der Waals surface area contributed by atoms with Crippen LogP contribution in [0, 0.1) is 6.92 Å². The second kappa shape index (κ2) is 4.46. The van der Waals surface area contributed by atoms with Crippen molar-refractivity contribution in [1.82, 2.24) is 9.97 Å². The number of hydrogen-bond donors (Lipinski definition) is 0. The molecule has 19 heavy (non-hydrogen) atoms. The lowest BCUT2D eigenvalue weighted by Crippen LogP contribution is -2.36. The molecule has 0 aliphatic carbocycles. The van der Waals surface area contributed by atoms with Crippen molar-refractivity contribution in [3.63, 3.8) is 0 Å². The monoisotopic (exact) mass is 253 g/mol. The number of carbonyl (C=O) groups excluding carboxylic acids is 1. The highest BCUT2D eigenvalue weighted by Gasteiger charge is 2.31. The SMILES string of the molecule is Cc1cnc(C(=O)N2c3ccccc3C[C@H]2C)cn1. The van der Waals surface area contributed by atoms with Gasteiger partial charge in [0.25, 0.3) is 5.91 Å². The van der Waals surface area contributed by atoms with Gasteiger partial charge in [0.15, 0.2) is 0 Å². The molecule has 0 N–H and O–H groups in total. The van der Waals surface area contributed by atoms with Gasteiger partial charge >= 0.3 is 0 Å². The van der Waals surface area contributed by atoms with E-state index in [-0.39, 0.29) is 11.9 Å². The second-order valence-corrected chi connectivity index (χ2v) is 4.90. The molecule has 0 spiro atoms. The maximum atomic E-state index is 12.6.